The van der Waals surface area contributed by atoms with Crippen molar-refractivity contribution in [3.05, 3.63) is 123 Å². The first-order valence-corrected chi connectivity index (χ1v) is 14.3. The van der Waals surface area contributed by atoms with E-state index in [4.69, 9.17) is 22.1 Å². The molecule has 220 valence electrons. The van der Waals surface area contributed by atoms with Crippen molar-refractivity contribution < 1.29 is 23.5 Å². The SMILES string of the molecule is NC(=O)c1ccccc1CN(C(=O)c1cnc2n1CCN(C(=O)OCc1ccccc1)C2)[C@@H]1CCc2c(F)cc(Cl)cc21. The van der Waals surface area contributed by atoms with E-state index in [0.717, 1.165) is 5.56 Å². The number of aromatic nitrogens is 2. The van der Waals surface area contributed by atoms with Crippen LogP contribution in [0, 0.1) is 5.82 Å². The van der Waals surface area contributed by atoms with Gasteiger partial charge in [-0.25, -0.2) is 14.2 Å². The van der Waals surface area contributed by atoms with Crippen LogP contribution in [0.2, 0.25) is 5.02 Å². The van der Waals surface area contributed by atoms with Crippen molar-refractivity contribution in [2.75, 3.05) is 6.54 Å². The molecule has 4 aromatic rings. The summed E-state index contributed by atoms with van der Waals surface area (Å²) in [6.45, 7) is 1.07. The number of halogens is 2. The predicted molar refractivity (Wildman–Crippen MR) is 157 cm³/mol. The highest BCUT2D eigenvalue weighted by Crippen LogP contribution is 2.40. The van der Waals surface area contributed by atoms with E-state index in [0.29, 0.717) is 59.7 Å². The molecule has 6 rings (SSSR count). The van der Waals surface area contributed by atoms with E-state index < -0.39 is 23.9 Å². The molecule has 0 radical (unpaired) electrons. The van der Waals surface area contributed by atoms with Crippen molar-refractivity contribution in [2.45, 2.75) is 45.1 Å². The zero-order valence-electron chi connectivity index (χ0n) is 23.2. The molecule has 0 bridgehead atoms. The maximum atomic E-state index is 14.8. The number of primary amides is 1. The van der Waals surface area contributed by atoms with Crippen LogP contribution in [0.3, 0.4) is 0 Å². The second-order valence-electron chi connectivity index (χ2n) is 10.6. The third-order valence-electron chi connectivity index (χ3n) is 8.03. The minimum Gasteiger partial charge on any atom is -0.445 e. The van der Waals surface area contributed by atoms with Crippen molar-refractivity contribution in [3.63, 3.8) is 0 Å². The Bertz CT molecular complexity index is 1710. The van der Waals surface area contributed by atoms with Gasteiger partial charge in [-0.3, -0.25) is 14.5 Å². The first-order valence-electron chi connectivity index (χ1n) is 14.0. The van der Waals surface area contributed by atoms with E-state index in [-0.39, 0.29) is 30.6 Å². The van der Waals surface area contributed by atoms with Gasteiger partial charge in [-0.15, -0.1) is 0 Å². The Morgan fingerprint density at radius 2 is 1.84 bits per heavy atom. The van der Waals surface area contributed by atoms with Crippen LogP contribution < -0.4 is 5.73 Å². The number of imidazole rings is 1. The van der Waals surface area contributed by atoms with E-state index >= 15 is 0 Å². The molecule has 0 fully saturated rings. The lowest BCUT2D eigenvalue weighted by Gasteiger charge is -2.32. The fourth-order valence-electron chi connectivity index (χ4n) is 5.89. The molecular weight excluding hydrogens is 573 g/mol. The highest BCUT2D eigenvalue weighted by atomic mass is 35.5. The standard InChI is InChI=1S/C32H29ClFN5O4/c33-22-14-25-24(26(34)15-22)10-11-27(25)39(17-21-8-4-5-9-23(21)30(35)40)31(41)28-16-36-29-18-37(12-13-38(28)29)32(42)43-19-20-6-2-1-3-7-20/h1-9,14-16,27H,10-13,17-19H2,(H2,35,40)/t27-/m1/s1. The number of nitrogens with two attached hydrogens (primary N) is 1. The van der Waals surface area contributed by atoms with Gasteiger partial charge < -0.3 is 19.9 Å². The molecule has 3 amide bonds. The Morgan fingerprint density at radius 1 is 1.07 bits per heavy atom. The minimum atomic E-state index is -0.607. The fraction of sp³-hybridized carbons (Fsp3) is 0.250. The molecule has 1 aromatic heterocycles. The molecule has 0 saturated heterocycles. The van der Waals surface area contributed by atoms with Crippen LogP contribution in [0.25, 0.3) is 0 Å². The Balaban J connectivity index is 1.28. The molecule has 1 aliphatic heterocycles. The summed E-state index contributed by atoms with van der Waals surface area (Å²) < 4.78 is 22.1. The third kappa shape index (κ3) is 5.70. The largest absolute Gasteiger partial charge is 0.445 e. The molecule has 2 aliphatic rings. The summed E-state index contributed by atoms with van der Waals surface area (Å²) in [6.07, 6.45) is 1.96. The number of amides is 3. The monoisotopic (exact) mass is 601 g/mol. The Labute approximate surface area is 252 Å². The molecule has 3 aromatic carbocycles. The molecular formula is C32H29ClFN5O4. The number of ether oxygens (including phenoxy) is 1. The minimum absolute atomic E-state index is 0.0641. The van der Waals surface area contributed by atoms with Crippen LogP contribution in [0.5, 0.6) is 0 Å². The van der Waals surface area contributed by atoms with Crippen molar-refractivity contribution in [2.24, 2.45) is 5.73 Å². The van der Waals surface area contributed by atoms with E-state index in [1.807, 2.05) is 30.3 Å². The molecule has 11 heteroatoms. The zero-order valence-corrected chi connectivity index (χ0v) is 24.0. The molecule has 9 nitrogen and oxygen atoms in total. The molecule has 0 unspecified atom stereocenters. The first kappa shape index (κ1) is 28.4. The number of benzene rings is 3. The molecule has 43 heavy (non-hydrogen) atoms. The fourth-order valence-corrected chi connectivity index (χ4v) is 6.11. The Hall–Kier alpha value is -4.70. The maximum absolute atomic E-state index is 14.8. The lowest BCUT2D eigenvalue weighted by atomic mass is 10.0. The highest BCUT2D eigenvalue weighted by Gasteiger charge is 2.36. The maximum Gasteiger partial charge on any atom is 0.410 e. The number of fused-ring (bicyclic) bond motifs is 2. The zero-order chi connectivity index (χ0) is 30.1. The van der Waals surface area contributed by atoms with Crippen LogP contribution in [-0.4, -0.2) is 43.8 Å². The van der Waals surface area contributed by atoms with Crippen molar-refractivity contribution in [3.8, 4) is 0 Å². The van der Waals surface area contributed by atoms with Gasteiger partial charge in [0.15, 0.2) is 0 Å². The van der Waals surface area contributed by atoms with Gasteiger partial charge in [0.2, 0.25) is 5.91 Å². The van der Waals surface area contributed by atoms with E-state index in [1.165, 1.54) is 12.3 Å². The van der Waals surface area contributed by atoms with Crippen molar-refractivity contribution in [1.29, 1.82) is 0 Å². The topological polar surface area (TPSA) is 111 Å². The summed E-state index contributed by atoms with van der Waals surface area (Å²) in [5.41, 5.74) is 8.90. The highest BCUT2D eigenvalue weighted by molar-refractivity contribution is 6.30. The summed E-state index contributed by atoms with van der Waals surface area (Å²) in [5.74, 6) is -0.804. The van der Waals surface area contributed by atoms with Gasteiger partial charge in [0.1, 0.15) is 23.9 Å². The van der Waals surface area contributed by atoms with Gasteiger partial charge in [0, 0.05) is 30.2 Å². The number of nitrogens with zero attached hydrogens (tertiary/aromatic N) is 4. The predicted octanol–water partition coefficient (Wildman–Crippen LogP) is 5.26. The normalized spacial score (nSPS) is 15.5. The van der Waals surface area contributed by atoms with Crippen LogP contribution in [0.15, 0.2) is 72.9 Å². The van der Waals surface area contributed by atoms with E-state index in [2.05, 4.69) is 4.98 Å². The second kappa shape index (κ2) is 11.9. The summed E-state index contributed by atoms with van der Waals surface area (Å²) in [7, 11) is 0. The quantitative estimate of drug-likeness (QED) is 0.311. The number of carbonyl (C=O) groups excluding carboxylic acids is 3. The second-order valence-corrected chi connectivity index (χ2v) is 11.1. The summed E-state index contributed by atoms with van der Waals surface area (Å²) in [4.78, 5) is 47.0. The average Bonchev–Trinajstić information content (AvgIpc) is 3.63. The van der Waals surface area contributed by atoms with Crippen LogP contribution in [0.1, 0.15) is 61.4 Å². The first-order chi connectivity index (χ1) is 20.8. The van der Waals surface area contributed by atoms with E-state index in [1.54, 1.807) is 44.7 Å². The van der Waals surface area contributed by atoms with Gasteiger partial charge >= 0.3 is 6.09 Å². The summed E-state index contributed by atoms with van der Waals surface area (Å²) in [6, 6.07) is 18.8. The molecule has 2 N–H and O–H groups in total. The van der Waals surface area contributed by atoms with Gasteiger partial charge in [0.25, 0.3) is 5.91 Å². The van der Waals surface area contributed by atoms with Crippen LogP contribution in [0.4, 0.5) is 9.18 Å². The number of hydrogen-bond acceptors (Lipinski definition) is 5. The van der Waals surface area contributed by atoms with Gasteiger partial charge in [-0.2, -0.15) is 0 Å². The summed E-state index contributed by atoms with van der Waals surface area (Å²) >= 11 is 6.23. The molecule has 0 saturated carbocycles. The molecule has 2 heterocycles. The number of hydrogen-bond donors (Lipinski definition) is 1. The lowest BCUT2D eigenvalue weighted by Crippen LogP contribution is -2.41. The van der Waals surface area contributed by atoms with Crippen LogP contribution >= 0.6 is 11.6 Å². The lowest BCUT2D eigenvalue weighted by molar-refractivity contribution is 0.0638. The van der Waals surface area contributed by atoms with Crippen molar-refractivity contribution in [1.82, 2.24) is 19.4 Å². The molecule has 1 atom stereocenters. The Morgan fingerprint density at radius 3 is 2.63 bits per heavy atom. The van der Waals surface area contributed by atoms with E-state index in [9.17, 15) is 18.8 Å². The number of rotatable bonds is 7. The Kier molecular flexibility index (Phi) is 7.86. The third-order valence-corrected chi connectivity index (χ3v) is 8.25. The smallest absolute Gasteiger partial charge is 0.410 e. The van der Waals surface area contributed by atoms with Gasteiger partial charge in [0.05, 0.1) is 18.8 Å². The number of carbonyl (C=O) groups is 3. The van der Waals surface area contributed by atoms with Crippen LogP contribution in [-0.2, 0) is 37.4 Å². The molecule has 1 aliphatic carbocycles. The molecule has 0 spiro atoms. The van der Waals surface area contributed by atoms with Gasteiger partial charge in [-0.05, 0) is 53.3 Å². The average molecular weight is 602 g/mol. The van der Waals surface area contributed by atoms with Gasteiger partial charge in [-0.1, -0.05) is 60.1 Å². The summed E-state index contributed by atoms with van der Waals surface area (Å²) in [5, 5.41) is 0.244. The van der Waals surface area contributed by atoms with Crippen molar-refractivity contribution >= 4 is 29.5 Å².